The van der Waals surface area contributed by atoms with Crippen LogP contribution in [0.5, 0.6) is 0 Å². The molecule has 1 N–H and O–H groups in total. The highest BCUT2D eigenvalue weighted by Gasteiger charge is 2.20. The fourth-order valence-electron chi connectivity index (χ4n) is 2.68. The third kappa shape index (κ3) is 4.45. The van der Waals surface area contributed by atoms with Gasteiger partial charge in [0.2, 0.25) is 0 Å². The molecule has 0 fully saturated rings. The maximum Gasteiger partial charge on any atom is 0.253 e. The SMILES string of the molecule is COCCCNC(=O)c1cc(-c2csc(C)n2)n(CC(C)C)c1C. The molecule has 0 bridgehead atoms. The van der Waals surface area contributed by atoms with E-state index in [2.05, 4.69) is 34.1 Å². The number of ether oxygens (including phenoxy) is 1. The standard InChI is InChI=1S/C18H27N3O2S/c1-12(2)10-21-13(3)15(18(22)19-7-6-8-23-5)9-17(21)16-11-24-14(4)20-16/h9,11-12H,6-8,10H2,1-5H3,(H,19,22). The van der Waals surface area contributed by atoms with E-state index < -0.39 is 0 Å². The molecule has 0 atom stereocenters. The number of rotatable bonds is 8. The molecule has 2 aromatic heterocycles. The highest BCUT2D eigenvalue weighted by atomic mass is 32.1. The first-order valence-electron chi connectivity index (χ1n) is 8.33. The fraction of sp³-hybridized carbons (Fsp3) is 0.556. The molecule has 24 heavy (non-hydrogen) atoms. The van der Waals surface area contributed by atoms with Crippen LogP contribution in [-0.2, 0) is 11.3 Å². The summed E-state index contributed by atoms with van der Waals surface area (Å²) in [5, 5.41) is 6.06. The summed E-state index contributed by atoms with van der Waals surface area (Å²) in [6.45, 7) is 10.5. The quantitative estimate of drug-likeness (QED) is 0.740. The number of nitrogens with one attached hydrogen (secondary N) is 1. The minimum Gasteiger partial charge on any atom is -0.385 e. The van der Waals surface area contributed by atoms with E-state index in [1.807, 2.05) is 19.9 Å². The molecule has 0 aromatic carbocycles. The second-order valence-corrected chi connectivity index (χ2v) is 7.45. The highest BCUT2D eigenvalue weighted by Crippen LogP contribution is 2.28. The zero-order valence-corrected chi connectivity index (χ0v) is 16.0. The maximum atomic E-state index is 12.5. The summed E-state index contributed by atoms with van der Waals surface area (Å²) in [6.07, 6.45) is 0.812. The van der Waals surface area contributed by atoms with Crippen molar-refractivity contribution >= 4 is 17.2 Å². The molecule has 0 aliphatic rings. The van der Waals surface area contributed by atoms with Gasteiger partial charge in [-0.1, -0.05) is 13.8 Å². The number of nitrogens with zero attached hydrogens (tertiary/aromatic N) is 2. The number of aromatic nitrogens is 2. The molecule has 2 rings (SSSR count). The lowest BCUT2D eigenvalue weighted by molar-refractivity contribution is 0.0948. The first kappa shape index (κ1) is 18.7. The molecule has 6 heteroatoms. The lowest BCUT2D eigenvalue weighted by Gasteiger charge is -2.13. The molecule has 0 aliphatic heterocycles. The van der Waals surface area contributed by atoms with Gasteiger partial charge < -0.3 is 14.6 Å². The van der Waals surface area contributed by atoms with Crippen LogP contribution in [0.4, 0.5) is 0 Å². The smallest absolute Gasteiger partial charge is 0.253 e. The maximum absolute atomic E-state index is 12.5. The molecule has 0 saturated carbocycles. The predicted octanol–water partition coefficient (Wildman–Crippen LogP) is 3.65. The van der Waals surface area contributed by atoms with Crippen LogP contribution in [-0.4, -0.2) is 35.7 Å². The van der Waals surface area contributed by atoms with Crippen molar-refractivity contribution in [1.82, 2.24) is 14.9 Å². The molecular formula is C18H27N3O2S. The van der Waals surface area contributed by atoms with Gasteiger partial charge in [0.25, 0.3) is 5.91 Å². The van der Waals surface area contributed by atoms with Gasteiger partial charge in [0.15, 0.2) is 0 Å². The predicted molar refractivity (Wildman–Crippen MR) is 98.7 cm³/mol. The largest absolute Gasteiger partial charge is 0.385 e. The average Bonchev–Trinajstić information content (AvgIpc) is 3.08. The van der Waals surface area contributed by atoms with Crippen molar-refractivity contribution in [1.29, 1.82) is 0 Å². The highest BCUT2D eigenvalue weighted by molar-refractivity contribution is 7.09. The van der Waals surface area contributed by atoms with Gasteiger partial charge in [-0.05, 0) is 32.3 Å². The number of carbonyl (C=O) groups excluding carboxylic acids is 1. The van der Waals surface area contributed by atoms with Gasteiger partial charge in [-0.2, -0.15) is 0 Å². The first-order chi connectivity index (χ1) is 11.4. The van der Waals surface area contributed by atoms with E-state index in [9.17, 15) is 4.79 Å². The molecule has 0 aliphatic carbocycles. The summed E-state index contributed by atoms with van der Waals surface area (Å²) in [5.41, 5.74) is 3.69. The van der Waals surface area contributed by atoms with Gasteiger partial charge in [0.05, 0.1) is 22.0 Å². The third-order valence-electron chi connectivity index (χ3n) is 3.85. The second kappa shape index (κ2) is 8.44. The summed E-state index contributed by atoms with van der Waals surface area (Å²) in [6, 6.07) is 1.97. The number of thiazole rings is 1. The minimum atomic E-state index is -0.0284. The van der Waals surface area contributed by atoms with Crippen molar-refractivity contribution in [2.24, 2.45) is 5.92 Å². The average molecular weight is 350 g/mol. The third-order valence-corrected chi connectivity index (χ3v) is 4.62. The zero-order chi connectivity index (χ0) is 17.7. The molecule has 0 radical (unpaired) electrons. The topological polar surface area (TPSA) is 56.1 Å². The van der Waals surface area contributed by atoms with Crippen LogP contribution in [0.15, 0.2) is 11.4 Å². The van der Waals surface area contributed by atoms with Crippen LogP contribution in [0.2, 0.25) is 0 Å². The summed E-state index contributed by atoms with van der Waals surface area (Å²) in [4.78, 5) is 17.1. The number of amides is 1. The van der Waals surface area contributed by atoms with Crippen LogP contribution in [0.25, 0.3) is 11.4 Å². The van der Waals surface area contributed by atoms with Gasteiger partial charge in [-0.25, -0.2) is 4.98 Å². The van der Waals surface area contributed by atoms with Crippen molar-refractivity contribution in [3.05, 3.63) is 27.7 Å². The van der Waals surface area contributed by atoms with E-state index in [1.54, 1.807) is 18.4 Å². The van der Waals surface area contributed by atoms with E-state index in [0.717, 1.165) is 40.6 Å². The van der Waals surface area contributed by atoms with Gasteiger partial charge in [0, 0.05) is 37.9 Å². The van der Waals surface area contributed by atoms with Gasteiger partial charge in [-0.3, -0.25) is 4.79 Å². The van der Waals surface area contributed by atoms with Crippen LogP contribution < -0.4 is 5.32 Å². The van der Waals surface area contributed by atoms with Gasteiger partial charge in [-0.15, -0.1) is 11.3 Å². The van der Waals surface area contributed by atoms with Crippen LogP contribution in [0.1, 0.15) is 41.3 Å². The Morgan fingerprint density at radius 2 is 2.17 bits per heavy atom. The Morgan fingerprint density at radius 1 is 1.42 bits per heavy atom. The Kier molecular flexibility index (Phi) is 6.57. The lowest BCUT2D eigenvalue weighted by Crippen LogP contribution is -2.25. The Hall–Kier alpha value is -1.66. The van der Waals surface area contributed by atoms with Crippen LogP contribution >= 0.6 is 11.3 Å². The zero-order valence-electron chi connectivity index (χ0n) is 15.2. The normalized spacial score (nSPS) is 11.2. The van der Waals surface area contributed by atoms with E-state index in [1.165, 1.54) is 0 Å². The fourth-order valence-corrected chi connectivity index (χ4v) is 3.29. The Bertz CT molecular complexity index is 688. The van der Waals surface area contributed by atoms with Crippen molar-refractivity contribution in [2.45, 2.75) is 40.7 Å². The van der Waals surface area contributed by atoms with E-state index in [0.29, 0.717) is 19.1 Å². The van der Waals surface area contributed by atoms with Crippen molar-refractivity contribution < 1.29 is 9.53 Å². The number of aryl methyl sites for hydroxylation is 1. The lowest BCUT2D eigenvalue weighted by atomic mass is 10.2. The number of carbonyl (C=O) groups is 1. The molecule has 0 unspecified atom stereocenters. The van der Waals surface area contributed by atoms with E-state index >= 15 is 0 Å². The summed E-state index contributed by atoms with van der Waals surface area (Å²) in [7, 11) is 1.67. The number of methoxy groups -OCH3 is 1. The second-order valence-electron chi connectivity index (χ2n) is 6.39. The molecular weight excluding hydrogens is 322 g/mol. The molecule has 1 amide bonds. The Balaban J connectivity index is 2.29. The summed E-state index contributed by atoms with van der Waals surface area (Å²) >= 11 is 1.63. The Labute approximate surface area is 148 Å². The molecule has 2 aromatic rings. The summed E-state index contributed by atoms with van der Waals surface area (Å²) in [5.74, 6) is 0.464. The number of hydrogen-bond donors (Lipinski definition) is 1. The summed E-state index contributed by atoms with van der Waals surface area (Å²) < 4.78 is 7.23. The molecule has 0 saturated heterocycles. The van der Waals surface area contributed by atoms with Crippen molar-refractivity contribution in [2.75, 3.05) is 20.3 Å². The Morgan fingerprint density at radius 3 is 2.75 bits per heavy atom. The molecule has 0 spiro atoms. The minimum absolute atomic E-state index is 0.0284. The van der Waals surface area contributed by atoms with E-state index in [-0.39, 0.29) is 5.91 Å². The van der Waals surface area contributed by atoms with Gasteiger partial charge >= 0.3 is 0 Å². The van der Waals surface area contributed by atoms with E-state index in [4.69, 9.17) is 4.74 Å². The van der Waals surface area contributed by atoms with Crippen LogP contribution in [0.3, 0.4) is 0 Å². The van der Waals surface area contributed by atoms with Crippen LogP contribution in [0, 0.1) is 19.8 Å². The first-order valence-corrected chi connectivity index (χ1v) is 9.21. The molecule has 2 heterocycles. The molecule has 5 nitrogen and oxygen atoms in total. The van der Waals surface area contributed by atoms with Crippen molar-refractivity contribution in [3.63, 3.8) is 0 Å². The van der Waals surface area contributed by atoms with Crippen molar-refractivity contribution in [3.8, 4) is 11.4 Å². The monoisotopic (exact) mass is 349 g/mol. The number of hydrogen-bond acceptors (Lipinski definition) is 4. The van der Waals surface area contributed by atoms with Gasteiger partial charge in [0.1, 0.15) is 0 Å². The molecule has 132 valence electrons.